The van der Waals surface area contributed by atoms with Crippen LogP contribution in [0.5, 0.6) is 11.5 Å². The molecule has 3 aromatic rings. The standard InChI is InChI=1S/C44H58O7Si2/c1-9-52(10-2,11-3)51-44(32(4)30-47-31-48-34-24-22-33(46-8)23-25-34)38-26-27-39(44)41-40(38)37(42(45)50-41)28-29-49-53(43(5,6)7,35-18-14-12-15-19-35)36-20-16-13-17-21-36/h12-25,38-39,41H,4,9-11,26-31H2,1-3,5-8H3/t38-,39+,41?,44?/m1/s1. The van der Waals surface area contributed by atoms with Crippen molar-refractivity contribution in [1.82, 2.24) is 0 Å². The molecule has 2 saturated carbocycles. The molecule has 0 aromatic heterocycles. The minimum atomic E-state index is -2.78. The van der Waals surface area contributed by atoms with Gasteiger partial charge in [0, 0.05) is 30.4 Å². The third-order valence-corrected chi connectivity index (χ3v) is 22.0. The topological polar surface area (TPSA) is 72.5 Å². The number of fused-ring (bicyclic) bond motifs is 5. The maximum atomic E-state index is 13.8. The summed E-state index contributed by atoms with van der Waals surface area (Å²) in [6, 6.07) is 31.8. The van der Waals surface area contributed by atoms with Crippen molar-refractivity contribution in [2.75, 3.05) is 27.1 Å². The molecule has 3 aromatic carbocycles. The van der Waals surface area contributed by atoms with E-state index in [9.17, 15) is 4.79 Å². The van der Waals surface area contributed by atoms with Gasteiger partial charge in [-0.1, -0.05) is 109 Å². The number of esters is 1. The molecule has 284 valence electrons. The number of benzene rings is 3. The highest BCUT2D eigenvalue weighted by atomic mass is 28.4. The first-order valence-electron chi connectivity index (χ1n) is 19.4. The number of ether oxygens (including phenoxy) is 4. The molecule has 6 rings (SSSR count). The Kier molecular flexibility index (Phi) is 11.9. The largest absolute Gasteiger partial charge is 0.497 e. The zero-order chi connectivity index (χ0) is 37.9. The second-order valence-corrected chi connectivity index (χ2v) is 24.8. The van der Waals surface area contributed by atoms with Gasteiger partial charge in [-0.05, 0) is 81.8 Å². The molecule has 2 fully saturated rings. The lowest BCUT2D eigenvalue weighted by Gasteiger charge is -2.45. The number of rotatable bonds is 18. The van der Waals surface area contributed by atoms with Gasteiger partial charge >= 0.3 is 5.97 Å². The minimum Gasteiger partial charge on any atom is -0.497 e. The maximum absolute atomic E-state index is 13.8. The van der Waals surface area contributed by atoms with Crippen LogP contribution in [0.1, 0.15) is 60.8 Å². The van der Waals surface area contributed by atoms with Gasteiger partial charge in [0.2, 0.25) is 0 Å². The Bertz CT molecular complexity index is 1700. The van der Waals surface area contributed by atoms with Crippen molar-refractivity contribution in [3.8, 4) is 11.5 Å². The van der Waals surface area contributed by atoms with Gasteiger partial charge in [-0.2, -0.15) is 0 Å². The highest BCUT2D eigenvalue weighted by Gasteiger charge is 2.68. The molecular weight excluding hydrogens is 697 g/mol. The zero-order valence-electron chi connectivity index (χ0n) is 32.7. The van der Waals surface area contributed by atoms with Crippen molar-refractivity contribution in [2.45, 2.75) is 95.7 Å². The van der Waals surface area contributed by atoms with Crippen molar-refractivity contribution in [3.05, 3.63) is 108 Å². The van der Waals surface area contributed by atoms with Gasteiger partial charge in [0.05, 0.1) is 19.3 Å². The predicted octanol–water partition coefficient (Wildman–Crippen LogP) is 8.59. The van der Waals surface area contributed by atoms with Gasteiger partial charge in [-0.25, -0.2) is 4.79 Å². The summed E-state index contributed by atoms with van der Waals surface area (Å²) < 4.78 is 38.6. The third kappa shape index (κ3) is 7.11. The first-order valence-corrected chi connectivity index (χ1v) is 23.9. The normalized spacial score (nSPS) is 22.5. The minimum absolute atomic E-state index is 0.00180. The van der Waals surface area contributed by atoms with Crippen LogP contribution >= 0.6 is 0 Å². The van der Waals surface area contributed by atoms with Crippen molar-refractivity contribution in [1.29, 1.82) is 0 Å². The van der Waals surface area contributed by atoms with Gasteiger partial charge < -0.3 is 27.8 Å². The van der Waals surface area contributed by atoms with E-state index in [1.165, 1.54) is 10.4 Å². The van der Waals surface area contributed by atoms with Gasteiger partial charge in [0.25, 0.3) is 8.32 Å². The number of carbonyl (C=O) groups excluding carboxylic acids is 1. The monoisotopic (exact) mass is 754 g/mol. The molecule has 2 aliphatic carbocycles. The Morgan fingerprint density at radius 3 is 2.00 bits per heavy atom. The van der Waals surface area contributed by atoms with E-state index in [0.717, 1.165) is 53.4 Å². The summed E-state index contributed by atoms with van der Waals surface area (Å²) in [5, 5.41) is 2.29. The van der Waals surface area contributed by atoms with Crippen LogP contribution in [0.15, 0.2) is 108 Å². The van der Waals surface area contributed by atoms with Crippen LogP contribution in [0.25, 0.3) is 0 Å². The number of methoxy groups -OCH3 is 1. The van der Waals surface area contributed by atoms with Crippen molar-refractivity contribution in [3.63, 3.8) is 0 Å². The summed E-state index contributed by atoms with van der Waals surface area (Å²) in [5.41, 5.74) is 2.14. The average molecular weight is 755 g/mol. The van der Waals surface area contributed by atoms with E-state index in [0.29, 0.717) is 25.4 Å². The third-order valence-electron chi connectivity index (χ3n) is 12.3. The number of hydrogen-bond donors (Lipinski definition) is 0. The molecule has 0 amide bonds. The molecule has 0 N–H and O–H groups in total. The first kappa shape index (κ1) is 39.2. The lowest BCUT2D eigenvalue weighted by molar-refractivity contribution is -0.143. The summed E-state index contributed by atoms with van der Waals surface area (Å²) in [5.74, 6) is 1.27. The summed E-state index contributed by atoms with van der Waals surface area (Å²) in [6.07, 6.45) is 2.02. The van der Waals surface area contributed by atoms with Gasteiger partial charge in [-0.3, -0.25) is 0 Å². The lowest BCUT2D eigenvalue weighted by atomic mass is 9.83. The molecule has 0 radical (unpaired) electrons. The average Bonchev–Trinajstić information content (AvgIpc) is 3.79. The Labute approximate surface area is 318 Å². The SMILES string of the molecule is C=C(COCOc1ccc(OC)cc1)C1(O[Si](CC)(CC)CC)[C@@H]2CC[C@H]1C1OC(=O)C(CCO[Si](c3ccccc3)(c3ccccc3)C(C)(C)C)=C12. The summed E-state index contributed by atoms with van der Waals surface area (Å²) in [4.78, 5) is 13.8. The van der Waals surface area contributed by atoms with Crippen LogP contribution < -0.4 is 19.8 Å². The smallest absolute Gasteiger partial charge is 0.334 e. The Morgan fingerprint density at radius 1 is 0.868 bits per heavy atom. The number of hydrogen-bond acceptors (Lipinski definition) is 7. The van der Waals surface area contributed by atoms with E-state index in [2.05, 4.69) is 109 Å². The second-order valence-electron chi connectivity index (χ2n) is 15.8. The van der Waals surface area contributed by atoms with Crippen LogP contribution in [-0.2, 0) is 23.1 Å². The fraction of sp³-hybridized carbons (Fsp3) is 0.477. The van der Waals surface area contributed by atoms with Gasteiger partial charge in [-0.15, -0.1) is 0 Å². The fourth-order valence-corrected chi connectivity index (χ4v) is 17.1. The second kappa shape index (κ2) is 16.1. The molecule has 3 aliphatic rings. The Morgan fingerprint density at radius 2 is 1.45 bits per heavy atom. The van der Waals surface area contributed by atoms with Crippen molar-refractivity contribution in [2.24, 2.45) is 11.8 Å². The lowest BCUT2D eigenvalue weighted by Crippen LogP contribution is -2.66. The fourth-order valence-electron chi connectivity index (χ4n) is 9.47. The van der Waals surface area contributed by atoms with Crippen LogP contribution in [0, 0.1) is 11.8 Å². The first-order chi connectivity index (χ1) is 25.5. The van der Waals surface area contributed by atoms with Crippen molar-refractivity contribution >= 4 is 33.0 Å². The van der Waals surface area contributed by atoms with Crippen LogP contribution in [0.3, 0.4) is 0 Å². The summed E-state index contributed by atoms with van der Waals surface area (Å²) in [6.45, 7) is 19.1. The molecule has 7 nitrogen and oxygen atoms in total. The molecule has 1 aliphatic heterocycles. The highest BCUT2D eigenvalue weighted by molar-refractivity contribution is 6.99. The zero-order valence-corrected chi connectivity index (χ0v) is 34.7. The van der Waals surface area contributed by atoms with E-state index in [4.69, 9.17) is 27.8 Å². The molecule has 9 heteroatoms. The Balaban J connectivity index is 1.29. The van der Waals surface area contributed by atoms with E-state index in [1.807, 2.05) is 24.3 Å². The van der Waals surface area contributed by atoms with E-state index in [1.54, 1.807) is 7.11 Å². The van der Waals surface area contributed by atoms with Crippen molar-refractivity contribution < 1.29 is 32.6 Å². The molecule has 1 heterocycles. The van der Waals surface area contributed by atoms with Crippen LogP contribution in [0.4, 0.5) is 0 Å². The molecule has 4 atom stereocenters. The maximum Gasteiger partial charge on any atom is 0.334 e. The molecule has 2 bridgehead atoms. The quantitative estimate of drug-likeness (QED) is 0.0424. The predicted molar refractivity (Wildman–Crippen MR) is 216 cm³/mol. The van der Waals surface area contributed by atoms with E-state index < -0.39 is 22.2 Å². The molecule has 53 heavy (non-hydrogen) atoms. The van der Waals surface area contributed by atoms with Crippen LogP contribution in [-0.4, -0.2) is 61.4 Å². The summed E-state index contributed by atoms with van der Waals surface area (Å²) in [7, 11) is -3.28. The summed E-state index contributed by atoms with van der Waals surface area (Å²) >= 11 is 0. The molecule has 0 spiro atoms. The van der Waals surface area contributed by atoms with Gasteiger partial charge in [0.1, 0.15) is 17.6 Å². The van der Waals surface area contributed by atoms with E-state index in [-0.39, 0.29) is 35.7 Å². The highest BCUT2D eigenvalue weighted by Crippen LogP contribution is 2.64. The molecule has 2 unspecified atom stereocenters. The van der Waals surface area contributed by atoms with Crippen LogP contribution in [0.2, 0.25) is 23.2 Å². The Hall–Kier alpha value is -3.48. The number of carbonyl (C=O) groups is 1. The van der Waals surface area contributed by atoms with E-state index >= 15 is 0 Å². The van der Waals surface area contributed by atoms with Gasteiger partial charge in [0.15, 0.2) is 15.1 Å². The molecular formula is C44H58O7Si2. The molecule has 0 saturated heterocycles.